The largest absolute Gasteiger partial charge is 0.355 e. The van der Waals surface area contributed by atoms with Crippen molar-refractivity contribution in [1.29, 1.82) is 0 Å². The molecule has 0 aromatic carbocycles. The van der Waals surface area contributed by atoms with E-state index in [0.717, 1.165) is 43.6 Å². The molecule has 2 aliphatic rings. The van der Waals surface area contributed by atoms with E-state index >= 15 is 0 Å². The lowest BCUT2D eigenvalue weighted by Crippen LogP contribution is -2.45. The highest BCUT2D eigenvalue weighted by Crippen LogP contribution is 2.40. The summed E-state index contributed by atoms with van der Waals surface area (Å²) < 4.78 is 0. The molecule has 0 N–H and O–H groups in total. The molecule has 0 radical (unpaired) electrons. The summed E-state index contributed by atoms with van der Waals surface area (Å²) in [6.07, 6.45) is 7.32. The maximum atomic E-state index is 4.40. The van der Waals surface area contributed by atoms with Gasteiger partial charge in [0.2, 0.25) is 5.95 Å². The Bertz CT molecular complexity index is 659. The third kappa shape index (κ3) is 2.85. The van der Waals surface area contributed by atoms with E-state index in [1.807, 2.05) is 31.5 Å². The van der Waals surface area contributed by atoms with Gasteiger partial charge in [0.25, 0.3) is 0 Å². The van der Waals surface area contributed by atoms with Crippen LogP contribution in [0.1, 0.15) is 25.0 Å². The molecule has 120 valence electrons. The molecule has 1 spiro atoms. The summed E-state index contributed by atoms with van der Waals surface area (Å²) in [4.78, 5) is 13.5. The second-order valence-corrected chi connectivity index (χ2v) is 6.78. The zero-order chi connectivity index (χ0) is 15.7. The molecule has 4 rings (SSSR count). The van der Waals surface area contributed by atoms with Gasteiger partial charge < -0.3 is 9.80 Å². The average Bonchev–Trinajstić information content (AvgIpc) is 3.00. The van der Waals surface area contributed by atoms with Crippen LogP contribution in [0, 0.1) is 12.3 Å². The van der Waals surface area contributed by atoms with Crippen LogP contribution in [0.25, 0.3) is 0 Å². The second-order valence-electron chi connectivity index (χ2n) is 6.78. The van der Waals surface area contributed by atoms with Gasteiger partial charge in [-0.25, -0.2) is 9.97 Å². The Hall–Kier alpha value is -2.24. The van der Waals surface area contributed by atoms with Crippen molar-refractivity contribution >= 4 is 11.8 Å². The SMILES string of the molecule is Cc1ccc(N2CCCC3(CCN(c4ncccn4)C3)C2)nn1. The van der Waals surface area contributed by atoms with Crippen molar-refractivity contribution in [3.8, 4) is 0 Å². The first-order valence-corrected chi connectivity index (χ1v) is 8.31. The van der Waals surface area contributed by atoms with E-state index in [1.54, 1.807) is 0 Å². The smallest absolute Gasteiger partial charge is 0.225 e. The highest BCUT2D eigenvalue weighted by Gasteiger charge is 2.42. The summed E-state index contributed by atoms with van der Waals surface area (Å²) in [5.41, 5.74) is 1.29. The van der Waals surface area contributed by atoms with Gasteiger partial charge in [0.1, 0.15) is 0 Å². The molecule has 6 heteroatoms. The minimum Gasteiger partial charge on any atom is -0.355 e. The lowest BCUT2D eigenvalue weighted by molar-refractivity contribution is 0.262. The number of rotatable bonds is 2. The molecule has 0 aliphatic carbocycles. The van der Waals surface area contributed by atoms with Crippen LogP contribution in [-0.4, -0.2) is 46.3 Å². The molecule has 0 amide bonds. The van der Waals surface area contributed by atoms with Crippen molar-refractivity contribution < 1.29 is 0 Å². The van der Waals surface area contributed by atoms with E-state index in [0.29, 0.717) is 5.41 Å². The summed E-state index contributed by atoms with van der Waals surface area (Å²) in [7, 11) is 0. The van der Waals surface area contributed by atoms with Crippen LogP contribution in [0.15, 0.2) is 30.6 Å². The Morgan fingerprint density at radius 1 is 0.957 bits per heavy atom. The van der Waals surface area contributed by atoms with Crippen LogP contribution < -0.4 is 9.80 Å². The van der Waals surface area contributed by atoms with Gasteiger partial charge in [-0.3, -0.25) is 0 Å². The normalized spacial score (nSPS) is 24.4. The van der Waals surface area contributed by atoms with Crippen molar-refractivity contribution in [3.05, 3.63) is 36.3 Å². The molecule has 2 aromatic heterocycles. The van der Waals surface area contributed by atoms with Gasteiger partial charge in [-0.15, -0.1) is 5.10 Å². The minimum absolute atomic E-state index is 0.323. The molecular formula is C17H22N6. The number of hydrogen-bond acceptors (Lipinski definition) is 6. The summed E-state index contributed by atoms with van der Waals surface area (Å²) in [5, 5.41) is 8.58. The number of aryl methyl sites for hydroxylation is 1. The first kappa shape index (κ1) is 14.4. The van der Waals surface area contributed by atoms with Crippen LogP contribution in [-0.2, 0) is 0 Å². The number of aromatic nitrogens is 4. The quantitative estimate of drug-likeness (QED) is 0.846. The number of anilines is 2. The second kappa shape index (κ2) is 5.76. The Kier molecular flexibility index (Phi) is 3.59. The predicted molar refractivity (Wildman–Crippen MR) is 89.5 cm³/mol. The first-order valence-electron chi connectivity index (χ1n) is 8.31. The zero-order valence-corrected chi connectivity index (χ0v) is 13.5. The fraction of sp³-hybridized carbons (Fsp3) is 0.529. The van der Waals surface area contributed by atoms with Crippen LogP contribution in [0.5, 0.6) is 0 Å². The average molecular weight is 310 g/mol. The highest BCUT2D eigenvalue weighted by molar-refractivity contribution is 5.40. The van der Waals surface area contributed by atoms with E-state index in [-0.39, 0.29) is 0 Å². The van der Waals surface area contributed by atoms with Gasteiger partial charge in [-0.2, -0.15) is 5.10 Å². The van der Waals surface area contributed by atoms with Crippen molar-refractivity contribution in [2.75, 3.05) is 36.0 Å². The molecule has 2 aliphatic heterocycles. The Labute approximate surface area is 136 Å². The van der Waals surface area contributed by atoms with E-state index in [4.69, 9.17) is 0 Å². The molecule has 0 bridgehead atoms. The van der Waals surface area contributed by atoms with Gasteiger partial charge in [0.05, 0.1) is 5.69 Å². The zero-order valence-electron chi connectivity index (χ0n) is 13.5. The molecule has 2 aromatic rings. The van der Waals surface area contributed by atoms with Gasteiger partial charge >= 0.3 is 0 Å². The fourth-order valence-corrected chi connectivity index (χ4v) is 3.86. The van der Waals surface area contributed by atoms with Crippen LogP contribution in [0.2, 0.25) is 0 Å². The minimum atomic E-state index is 0.323. The molecule has 2 saturated heterocycles. The maximum absolute atomic E-state index is 4.40. The Morgan fingerprint density at radius 2 is 1.78 bits per heavy atom. The third-order valence-electron chi connectivity index (χ3n) is 5.04. The van der Waals surface area contributed by atoms with Gasteiger partial charge in [0, 0.05) is 44.0 Å². The molecule has 6 nitrogen and oxygen atoms in total. The summed E-state index contributed by atoms with van der Waals surface area (Å²) >= 11 is 0. The third-order valence-corrected chi connectivity index (χ3v) is 5.04. The fourth-order valence-electron chi connectivity index (χ4n) is 3.86. The van der Waals surface area contributed by atoms with Gasteiger partial charge in [0.15, 0.2) is 5.82 Å². The highest BCUT2D eigenvalue weighted by atomic mass is 15.3. The van der Waals surface area contributed by atoms with Crippen LogP contribution in [0.3, 0.4) is 0 Å². The number of nitrogens with zero attached hydrogens (tertiary/aromatic N) is 6. The van der Waals surface area contributed by atoms with E-state index < -0.39 is 0 Å². The number of hydrogen-bond donors (Lipinski definition) is 0. The number of piperidine rings is 1. The monoisotopic (exact) mass is 310 g/mol. The summed E-state index contributed by atoms with van der Waals surface area (Å²) in [6.45, 7) is 6.17. The van der Waals surface area contributed by atoms with E-state index in [1.165, 1.54) is 19.3 Å². The Balaban J connectivity index is 1.50. The van der Waals surface area contributed by atoms with Crippen molar-refractivity contribution in [3.63, 3.8) is 0 Å². The van der Waals surface area contributed by atoms with Crippen LogP contribution >= 0.6 is 0 Å². The van der Waals surface area contributed by atoms with Gasteiger partial charge in [-0.05, 0) is 44.4 Å². The molecule has 1 atom stereocenters. The van der Waals surface area contributed by atoms with Crippen molar-refractivity contribution in [2.45, 2.75) is 26.2 Å². The standard InChI is InChI=1S/C17H22N6/c1-14-4-5-15(21-20-14)22-10-2-6-17(12-22)7-11-23(13-17)16-18-8-3-9-19-16/h3-5,8-9H,2,6-7,10-13H2,1H3. The van der Waals surface area contributed by atoms with Crippen molar-refractivity contribution in [2.24, 2.45) is 5.41 Å². The first-order chi connectivity index (χ1) is 11.2. The summed E-state index contributed by atoms with van der Waals surface area (Å²) in [5.74, 6) is 1.86. The van der Waals surface area contributed by atoms with Gasteiger partial charge in [-0.1, -0.05) is 0 Å². The maximum Gasteiger partial charge on any atom is 0.225 e. The topological polar surface area (TPSA) is 58.0 Å². The molecule has 23 heavy (non-hydrogen) atoms. The lowest BCUT2D eigenvalue weighted by Gasteiger charge is -2.40. The molecular weight excluding hydrogens is 288 g/mol. The van der Waals surface area contributed by atoms with Crippen molar-refractivity contribution in [1.82, 2.24) is 20.2 Å². The molecule has 2 fully saturated rings. The molecule has 4 heterocycles. The molecule has 1 unspecified atom stereocenters. The lowest BCUT2D eigenvalue weighted by atomic mass is 9.79. The predicted octanol–water partition coefficient (Wildman–Crippen LogP) is 2.07. The Morgan fingerprint density at radius 3 is 2.57 bits per heavy atom. The van der Waals surface area contributed by atoms with Crippen LogP contribution in [0.4, 0.5) is 11.8 Å². The van der Waals surface area contributed by atoms with E-state index in [9.17, 15) is 0 Å². The van der Waals surface area contributed by atoms with E-state index in [2.05, 4.69) is 36.0 Å². The summed E-state index contributed by atoms with van der Waals surface area (Å²) in [6, 6.07) is 6.00. The molecule has 0 saturated carbocycles.